The molecule has 26 heavy (non-hydrogen) atoms. The van der Waals surface area contributed by atoms with Crippen LogP contribution in [0.25, 0.3) is 0 Å². The number of imidazole rings is 1. The van der Waals surface area contributed by atoms with Gasteiger partial charge in [-0.3, -0.25) is 4.79 Å². The van der Waals surface area contributed by atoms with E-state index in [1.54, 1.807) is 43.6 Å². The lowest BCUT2D eigenvalue weighted by molar-refractivity contribution is 0.0683. The molecule has 0 bridgehead atoms. The van der Waals surface area contributed by atoms with Crippen molar-refractivity contribution in [3.63, 3.8) is 0 Å². The Morgan fingerprint density at radius 1 is 1.31 bits per heavy atom. The van der Waals surface area contributed by atoms with Crippen LogP contribution in [-0.2, 0) is 4.74 Å². The zero-order valence-electron chi connectivity index (χ0n) is 14.7. The number of amides is 1. The zero-order valence-corrected chi connectivity index (χ0v) is 14.7. The lowest BCUT2D eigenvalue weighted by atomic mass is 10.1. The molecule has 1 unspecified atom stereocenters. The van der Waals surface area contributed by atoms with Crippen LogP contribution in [0.1, 0.15) is 28.6 Å². The molecule has 3 heterocycles. The quantitative estimate of drug-likeness (QED) is 0.896. The number of hydrogen-bond donors (Lipinski definition) is 1. The Hall–Kier alpha value is -2.74. The largest absolute Gasteiger partial charge is 0.493 e. The maximum absolute atomic E-state index is 13.2. The molecule has 4 rings (SSSR count). The van der Waals surface area contributed by atoms with E-state index in [0.717, 1.165) is 5.82 Å². The molecule has 1 fully saturated rings. The highest BCUT2D eigenvalue weighted by molar-refractivity contribution is 5.96. The Kier molecular flexibility index (Phi) is 4.42. The molecule has 0 aliphatic carbocycles. The van der Waals surface area contributed by atoms with Crippen molar-refractivity contribution >= 4 is 5.91 Å². The van der Waals surface area contributed by atoms with Crippen molar-refractivity contribution in [2.75, 3.05) is 34.0 Å². The highest BCUT2D eigenvalue weighted by atomic mass is 16.6. The van der Waals surface area contributed by atoms with Crippen molar-refractivity contribution < 1.29 is 23.7 Å². The second-order valence-corrected chi connectivity index (χ2v) is 6.24. The van der Waals surface area contributed by atoms with Gasteiger partial charge >= 0.3 is 0 Å². The Labute approximate surface area is 151 Å². The summed E-state index contributed by atoms with van der Waals surface area (Å²) in [6.45, 7) is 1.40. The number of rotatable bonds is 4. The van der Waals surface area contributed by atoms with Gasteiger partial charge in [0.1, 0.15) is 19.0 Å². The van der Waals surface area contributed by atoms with Crippen LogP contribution in [0, 0.1) is 0 Å². The van der Waals surface area contributed by atoms with Gasteiger partial charge in [-0.1, -0.05) is 0 Å². The van der Waals surface area contributed by atoms with Gasteiger partial charge in [0.25, 0.3) is 5.91 Å². The third-order valence-electron chi connectivity index (χ3n) is 4.77. The van der Waals surface area contributed by atoms with Crippen molar-refractivity contribution in [2.24, 2.45) is 0 Å². The summed E-state index contributed by atoms with van der Waals surface area (Å²) in [4.78, 5) is 22.4. The Bertz CT molecular complexity index is 775. The van der Waals surface area contributed by atoms with Crippen LogP contribution in [0.4, 0.5) is 0 Å². The fourth-order valence-electron chi connectivity index (χ4n) is 3.47. The van der Waals surface area contributed by atoms with Crippen molar-refractivity contribution in [3.8, 4) is 17.2 Å². The molecule has 8 nitrogen and oxygen atoms in total. The third-order valence-corrected chi connectivity index (χ3v) is 4.77. The monoisotopic (exact) mass is 359 g/mol. The van der Waals surface area contributed by atoms with E-state index in [1.165, 1.54) is 0 Å². The summed E-state index contributed by atoms with van der Waals surface area (Å²) in [5.74, 6) is 2.18. The molecule has 1 saturated heterocycles. The molecule has 1 aromatic heterocycles. The van der Waals surface area contributed by atoms with Gasteiger partial charge in [-0.2, -0.15) is 0 Å². The number of H-pyrrole nitrogens is 1. The number of carbonyl (C=O) groups excluding carboxylic acids is 1. The highest BCUT2D eigenvalue weighted by Gasteiger charge is 2.38. The Morgan fingerprint density at radius 3 is 2.88 bits per heavy atom. The van der Waals surface area contributed by atoms with E-state index in [0.29, 0.717) is 49.0 Å². The number of nitrogens with zero attached hydrogens (tertiary/aromatic N) is 2. The predicted octanol–water partition coefficient (Wildman–Crippen LogP) is 1.79. The number of methoxy groups -OCH3 is 2. The predicted molar refractivity (Wildman–Crippen MR) is 91.8 cm³/mol. The minimum atomic E-state index is -0.165. The van der Waals surface area contributed by atoms with Crippen LogP contribution in [0.2, 0.25) is 0 Å². The van der Waals surface area contributed by atoms with Gasteiger partial charge in [0.15, 0.2) is 11.5 Å². The number of aromatic nitrogens is 2. The van der Waals surface area contributed by atoms with Gasteiger partial charge in [-0.05, 0) is 12.1 Å². The second-order valence-electron chi connectivity index (χ2n) is 6.24. The number of nitrogens with one attached hydrogen (secondary N) is 1. The number of carbonyl (C=O) groups is 1. The van der Waals surface area contributed by atoms with E-state index in [2.05, 4.69) is 9.97 Å². The van der Waals surface area contributed by atoms with Gasteiger partial charge in [-0.25, -0.2) is 4.98 Å². The van der Waals surface area contributed by atoms with Gasteiger partial charge in [0.05, 0.1) is 19.3 Å². The summed E-state index contributed by atoms with van der Waals surface area (Å²) in [5, 5.41) is 0. The molecule has 2 aliphatic heterocycles. The summed E-state index contributed by atoms with van der Waals surface area (Å²) < 4.78 is 22.1. The zero-order chi connectivity index (χ0) is 18.1. The summed E-state index contributed by atoms with van der Waals surface area (Å²) >= 11 is 0. The maximum atomic E-state index is 13.2. The summed E-state index contributed by atoms with van der Waals surface area (Å²) in [5.41, 5.74) is 0.486. The van der Waals surface area contributed by atoms with Crippen LogP contribution >= 0.6 is 0 Å². The maximum Gasteiger partial charge on any atom is 0.254 e. The van der Waals surface area contributed by atoms with Crippen molar-refractivity contribution in [2.45, 2.75) is 18.6 Å². The van der Waals surface area contributed by atoms with Crippen LogP contribution in [-0.4, -0.2) is 60.9 Å². The molecular formula is C18H21N3O5. The number of fused-ring (bicyclic) bond motifs is 1. The molecular weight excluding hydrogens is 338 g/mol. The van der Waals surface area contributed by atoms with Crippen LogP contribution < -0.4 is 14.2 Å². The highest BCUT2D eigenvalue weighted by Crippen LogP contribution is 2.41. The number of aromatic amines is 1. The molecule has 2 atom stereocenters. The molecule has 1 N–H and O–H groups in total. The molecule has 2 aromatic rings. The smallest absolute Gasteiger partial charge is 0.254 e. The number of ether oxygens (including phenoxy) is 4. The average Bonchev–Trinajstić information content (AvgIpc) is 3.35. The van der Waals surface area contributed by atoms with Gasteiger partial charge in [0.2, 0.25) is 5.75 Å². The number of benzene rings is 1. The first-order chi connectivity index (χ1) is 12.7. The molecule has 2 aliphatic rings. The first-order valence-electron chi connectivity index (χ1n) is 8.52. The van der Waals surface area contributed by atoms with Gasteiger partial charge in [-0.15, -0.1) is 0 Å². The molecule has 0 radical (unpaired) electrons. The Balaban J connectivity index is 1.67. The SMILES string of the molecule is COc1cc(C(=O)N2C[C@H](OC)CC2c2ncc[nH]2)cc2c1OCCO2. The van der Waals surface area contributed by atoms with E-state index < -0.39 is 0 Å². The summed E-state index contributed by atoms with van der Waals surface area (Å²) in [6.07, 6.45) is 4.10. The van der Waals surface area contributed by atoms with Crippen LogP contribution in [0.5, 0.6) is 17.2 Å². The van der Waals surface area contributed by atoms with Crippen LogP contribution in [0.15, 0.2) is 24.5 Å². The molecule has 1 amide bonds. The summed E-state index contributed by atoms with van der Waals surface area (Å²) in [7, 11) is 3.20. The minimum absolute atomic E-state index is 0.0341. The third kappa shape index (κ3) is 2.86. The average molecular weight is 359 g/mol. The van der Waals surface area contributed by atoms with Gasteiger partial charge in [0, 0.05) is 38.0 Å². The van der Waals surface area contributed by atoms with Crippen molar-refractivity contribution in [1.82, 2.24) is 14.9 Å². The van der Waals surface area contributed by atoms with Crippen molar-refractivity contribution in [3.05, 3.63) is 35.9 Å². The second kappa shape index (κ2) is 6.87. The van der Waals surface area contributed by atoms with E-state index >= 15 is 0 Å². The lowest BCUT2D eigenvalue weighted by Gasteiger charge is -2.25. The summed E-state index contributed by atoms with van der Waals surface area (Å²) in [6, 6.07) is 3.23. The van der Waals surface area contributed by atoms with E-state index in [-0.39, 0.29) is 18.1 Å². The fraction of sp³-hybridized carbons (Fsp3) is 0.444. The van der Waals surface area contributed by atoms with E-state index in [1.807, 2.05) is 0 Å². The molecule has 0 saturated carbocycles. The topological polar surface area (TPSA) is 85.9 Å². The molecule has 0 spiro atoms. The van der Waals surface area contributed by atoms with Gasteiger partial charge < -0.3 is 28.8 Å². The first kappa shape index (κ1) is 16.7. The van der Waals surface area contributed by atoms with Crippen molar-refractivity contribution in [1.29, 1.82) is 0 Å². The van der Waals surface area contributed by atoms with E-state index in [4.69, 9.17) is 18.9 Å². The lowest BCUT2D eigenvalue weighted by Crippen LogP contribution is -2.32. The molecule has 1 aromatic carbocycles. The molecule has 8 heteroatoms. The van der Waals surface area contributed by atoms with Crippen LogP contribution in [0.3, 0.4) is 0 Å². The number of likely N-dealkylation sites (tertiary alicyclic amines) is 1. The minimum Gasteiger partial charge on any atom is -0.493 e. The molecule has 138 valence electrons. The van der Waals surface area contributed by atoms with E-state index in [9.17, 15) is 4.79 Å². The normalized spacial score (nSPS) is 21.7. The number of hydrogen-bond acceptors (Lipinski definition) is 6. The Morgan fingerprint density at radius 2 is 2.15 bits per heavy atom. The first-order valence-corrected chi connectivity index (χ1v) is 8.52. The standard InChI is InChI=1S/C18H21N3O5/c1-23-12-9-13(17-19-3-4-20-17)21(10-12)18(22)11-7-14(24-2)16-15(8-11)25-5-6-26-16/h3-4,7-8,12-13H,5-6,9-10H2,1-2H3,(H,19,20)/t12-,13?/m1/s1. The fourth-order valence-corrected chi connectivity index (χ4v) is 3.47.